The number of amides is 1. The predicted octanol–water partition coefficient (Wildman–Crippen LogP) is 2.99. The summed E-state index contributed by atoms with van der Waals surface area (Å²) in [6.07, 6.45) is 0. The quantitative estimate of drug-likeness (QED) is 0.743. The van der Waals surface area contributed by atoms with E-state index in [1.807, 2.05) is 20.8 Å². The largest absolute Gasteiger partial charge is 0.398 e. The van der Waals surface area contributed by atoms with Gasteiger partial charge in [0.1, 0.15) is 5.82 Å². The number of carbonyl (C=O) groups excluding carboxylic acids is 1. The minimum Gasteiger partial charge on any atom is -0.398 e. The predicted molar refractivity (Wildman–Crippen MR) is 80.8 cm³/mol. The zero-order chi connectivity index (χ0) is 15.8. The highest BCUT2D eigenvalue weighted by Crippen LogP contribution is 2.23. The summed E-state index contributed by atoms with van der Waals surface area (Å²) in [5.41, 5.74) is 7.21. The van der Waals surface area contributed by atoms with Gasteiger partial charge < -0.3 is 11.1 Å². The van der Waals surface area contributed by atoms with Crippen LogP contribution < -0.4 is 11.1 Å². The van der Waals surface area contributed by atoms with E-state index in [0.29, 0.717) is 11.4 Å². The normalized spacial score (nSPS) is 11.5. The Hall–Kier alpha value is -2.37. The fourth-order valence-electron chi connectivity index (χ4n) is 1.79. The minimum absolute atomic E-state index is 0.101. The van der Waals surface area contributed by atoms with Crippen LogP contribution in [0.2, 0.25) is 0 Å². The summed E-state index contributed by atoms with van der Waals surface area (Å²) in [4.78, 5) is 12.1. The maximum atomic E-state index is 13.6. The Morgan fingerprint density at radius 1 is 1.33 bits per heavy atom. The van der Waals surface area contributed by atoms with Crippen LogP contribution in [0.15, 0.2) is 18.2 Å². The van der Waals surface area contributed by atoms with Crippen LogP contribution in [-0.2, 0) is 5.41 Å². The molecule has 0 bridgehead atoms. The molecule has 0 saturated carbocycles. The van der Waals surface area contributed by atoms with E-state index in [1.54, 1.807) is 13.0 Å². The van der Waals surface area contributed by atoms with Gasteiger partial charge in [0.25, 0.3) is 5.91 Å². The molecule has 1 aromatic carbocycles. The number of hydrogen-bond donors (Lipinski definition) is 3. The molecule has 0 saturated heterocycles. The molecule has 0 spiro atoms. The third-order valence-corrected chi connectivity index (χ3v) is 3.27. The van der Waals surface area contributed by atoms with Crippen molar-refractivity contribution < 1.29 is 9.18 Å². The Labute approximate surface area is 122 Å². The Balaban J connectivity index is 2.20. The fraction of sp³-hybridized carbons (Fsp3) is 0.333. The topological polar surface area (TPSA) is 83.8 Å². The summed E-state index contributed by atoms with van der Waals surface area (Å²) in [5, 5.41) is 9.52. The highest BCUT2D eigenvalue weighted by Gasteiger charge is 2.18. The van der Waals surface area contributed by atoms with Crippen LogP contribution in [0, 0.1) is 12.7 Å². The number of H-pyrrole nitrogens is 1. The molecule has 0 aliphatic carbocycles. The number of benzene rings is 1. The number of aromatic amines is 1. The van der Waals surface area contributed by atoms with Crippen LogP contribution in [-0.4, -0.2) is 16.1 Å². The van der Waals surface area contributed by atoms with Crippen molar-refractivity contribution in [2.24, 2.45) is 0 Å². The van der Waals surface area contributed by atoms with Crippen molar-refractivity contribution in [1.82, 2.24) is 10.2 Å². The van der Waals surface area contributed by atoms with Crippen LogP contribution in [0.25, 0.3) is 0 Å². The Morgan fingerprint density at radius 2 is 2.00 bits per heavy atom. The van der Waals surface area contributed by atoms with Crippen LogP contribution in [0.4, 0.5) is 15.9 Å². The average molecular weight is 290 g/mol. The molecule has 5 nitrogen and oxygen atoms in total. The van der Waals surface area contributed by atoms with Gasteiger partial charge in [-0.25, -0.2) is 4.39 Å². The molecule has 112 valence electrons. The van der Waals surface area contributed by atoms with E-state index in [9.17, 15) is 9.18 Å². The molecular weight excluding hydrogens is 271 g/mol. The smallest absolute Gasteiger partial charge is 0.257 e. The van der Waals surface area contributed by atoms with Gasteiger partial charge in [-0.1, -0.05) is 20.8 Å². The van der Waals surface area contributed by atoms with E-state index in [4.69, 9.17) is 5.73 Å². The summed E-state index contributed by atoms with van der Waals surface area (Å²) in [7, 11) is 0. The molecular formula is C15H19FN4O. The minimum atomic E-state index is -0.502. The molecule has 0 atom stereocenters. The summed E-state index contributed by atoms with van der Waals surface area (Å²) in [6.45, 7) is 7.65. The molecule has 0 fully saturated rings. The third-order valence-electron chi connectivity index (χ3n) is 3.27. The number of aromatic nitrogens is 2. The van der Waals surface area contributed by atoms with Crippen molar-refractivity contribution in [3.05, 3.63) is 40.8 Å². The van der Waals surface area contributed by atoms with Crippen molar-refractivity contribution in [1.29, 1.82) is 0 Å². The van der Waals surface area contributed by atoms with Crippen molar-refractivity contribution in [2.75, 3.05) is 11.1 Å². The standard InChI is InChI=1S/C15H19FN4O/c1-8-10(16)5-9(6-11(8)17)14(21)18-13-7-12(19-20-13)15(2,3)4/h5-7H,17H2,1-4H3,(H2,18,19,20,21). The molecule has 21 heavy (non-hydrogen) atoms. The van der Waals surface area contributed by atoms with Gasteiger partial charge in [-0.3, -0.25) is 9.89 Å². The molecule has 1 aromatic heterocycles. The number of nitrogen functional groups attached to an aromatic ring is 1. The first kappa shape index (κ1) is 15.0. The molecule has 4 N–H and O–H groups in total. The molecule has 1 heterocycles. The Kier molecular flexibility index (Phi) is 3.72. The second-order valence-electron chi connectivity index (χ2n) is 6.04. The van der Waals surface area contributed by atoms with E-state index in [1.165, 1.54) is 12.1 Å². The SMILES string of the molecule is Cc1c(N)cc(C(=O)Nc2cc(C(C)(C)C)[nH]n2)cc1F. The highest BCUT2D eigenvalue weighted by molar-refractivity contribution is 6.04. The summed E-state index contributed by atoms with van der Waals surface area (Å²) in [5.74, 6) is -0.561. The molecule has 0 unspecified atom stereocenters. The van der Waals surface area contributed by atoms with Gasteiger partial charge >= 0.3 is 0 Å². The number of halogens is 1. The van der Waals surface area contributed by atoms with Crippen molar-refractivity contribution in [3.63, 3.8) is 0 Å². The number of nitrogens with one attached hydrogen (secondary N) is 2. The van der Waals surface area contributed by atoms with Crippen LogP contribution in [0.5, 0.6) is 0 Å². The van der Waals surface area contributed by atoms with Crippen LogP contribution in [0.3, 0.4) is 0 Å². The molecule has 6 heteroatoms. The number of hydrogen-bond acceptors (Lipinski definition) is 3. The second kappa shape index (κ2) is 5.20. The molecule has 0 radical (unpaired) electrons. The zero-order valence-electron chi connectivity index (χ0n) is 12.5. The Morgan fingerprint density at radius 3 is 2.52 bits per heavy atom. The number of nitrogens with zero attached hydrogens (tertiary/aromatic N) is 1. The van der Waals surface area contributed by atoms with E-state index < -0.39 is 11.7 Å². The second-order valence-corrected chi connectivity index (χ2v) is 6.04. The van der Waals surface area contributed by atoms with E-state index in [0.717, 1.165) is 5.69 Å². The number of carbonyl (C=O) groups is 1. The first-order chi connectivity index (χ1) is 9.68. The molecule has 2 rings (SSSR count). The lowest BCUT2D eigenvalue weighted by atomic mass is 9.92. The summed E-state index contributed by atoms with van der Waals surface area (Å²) < 4.78 is 13.6. The van der Waals surface area contributed by atoms with E-state index >= 15 is 0 Å². The maximum Gasteiger partial charge on any atom is 0.257 e. The van der Waals surface area contributed by atoms with Crippen LogP contribution in [0.1, 0.15) is 42.4 Å². The molecule has 0 aliphatic rings. The van der Waals surface area contributed by atoms with Crippen molar-refractivity contribution in [2.45, 2.75) is 33.1 Å². The van der Waals surface area contributed by atoms with E-state index in [-0.39, 0.29) is 16.7 Å². The van der Waals surface area contributed by atoms with Crippen molar-refractivity contribution >= 4 is 17.4 Å². The van der Waals surface area contributed by atoms with Gasteiger partial charge in [-0.2, -0.15) is 5.10 Å². The maximum absolute atomic E-state index is 13.6. The lowest BCUT2D eigenvalue weighted by Gasteiger charge is -2.14. The molecule has 1 amide bonds. The molecule has 2 aromatic rings. The van der Waals surface area contributed by atoms with Gasteiger partial charge in [0, 0.05) is 34.0 Å². The fourth-order valence-corrected chi connectivity index (χ4v) is 1.79. The lowest BCUT2D eigenvalue weighted by Crippen LogP contribution is -2.13. The summed E-state index contributed by atoms with van der Waals surface area (Å²) >= 11 is 0. The first-order valence-electron chi connectivity index (χ1n) is 6.61. The highest BCUT2D eigenvalue weighted by atomic mass is 19.1. The number of rotatable bonds is 2. The monoisotopic (exact) mass is 290 g/mol. The number of nitrogens with two attached hydrogens (primary N) is 1. The first-order valence-corrected chi connectivity index (χ1v) is 6.61. The number of anilines is 2. The van der Waals surface area contributed by atoms with Crippen LogP contribution >= 0.6 is 0 Å². The van der Waals surface area contributed by atoms with E-state index in [2.05, 4.69) is 15.5 Å². The van der Waals surface area contributed by atoms with Gasteiger partial charge in [0.2, 0.25) is 0 Å². The molecule has 0 aliphatic heterocycles. The zero-order valence-corrected chi connectivity index (χ0v) is 12.5. The lowest BCUT2D eigenvalue weighted by molar-refractivity contribution is 0.102. The third kappa shape index (κ3) is 3.21. The van der Waals surface area contributed by atoms with Gasteiger partial charge in [0.05, 0.1) is 0 Å². The summed E-state index contributed by atoms with van der Waals surface area (Å²) in [6, 6.07) is 4.37. The average Bonchev–Trinajstić information content (AvgIpc) is 2.83. The Bertz CT molecular complexity index is 662. The van der Waals surface area contributed by atoms with Gasteiger partial charge in [-0.05, 0) is 19.1 Å². The van der Waals surface area contributed by atoms with Crippen molar-refractivity contribution in [3.8, 4) is 0 Å². The van der Waals surface area contributed by atoms with Gasteiger partial charge in [0.15, 0.2) is 5.82 Å². The van der Waals surface area contributed by atoms with Gasteiger partial charge in [-0.15, -0.1) is 0 Å².